The number of fused-ring (bicyclic) bond motifs is 1. The lowest BCUT2D eigenvalue weighted by Gasteiger charge is -2.40. The molecule has 29 heavy (non-hydrogen) atoms. The Morgan fingerprint density at radius 2 is 2.17 bits per heavy atom. The highest BCUT2D eigenvalue weighted by molar-refractivity contribution is 7.12. The second-order valence-electron chi connectivity index (χ2n) is 7.05. The summed E-state index contributed by atoms with van der Waals surface area (Å²) < 4.78 is 9.43. The number of ether oxygens (including phenoxy) is 1. The fraction of sp³-hybridized carbons (Fsp3) is 0.368. The molecule has 0 saturated carbocycles. The minimum Gasteiger partial charge on any atom is -0.497 e. The molecule has 9 nitrogen and oxygen atoms in total. The molecule has 10 heteroatoms. The number of carbonyl (C=O) groups excluding carboxylic acids is 1. The van der Waals surface area contributed by atoms with E-state index in [4.69, 9.17) is 10.5 Å². The first-order chi connectivity index (χ1) is 14.0. The normalized spacial score (nSPS) is 16.9. The number of carbonyl (C=O) groups is 1. The van der Waals surface area contributed by atoms with Crippen molar-refractivity contribution in [2.24, 2.45) is 0 Å². The first-order valence-corrected chi connectivity index (χ1v) is 10.1. The van der Waals surface area contributed by atoms with Crippen LogP contribution >= 0.6 is 11.5 Å². The summed E-state index contributed by atoms with van der Waals surface area (Å²) in [6, 6.07) is 5.55. The minimum atomic E-state index is -0.116. The molecule has 3 N–H and O–H groups in total. The summed E-state index contributed by atoms with van der Waals surface area (Å²) in [5.74, 6) is 1.78. The van der Waals surface area contributed by atoms with Crippen LogP contribution in [0.15, 0.2) is 24.4 Å². The van der Waals surface area contributed by atoms with Crippen LogP contribution in [0.1, 0.15) is 12.5 Å². The number of nitrogens with zero attached hydrogens (tertiary/aromatic N) is 5. The van der Waals surface area contributed by atoms with E-state index >= 15 is 0 Å². The number of nitrogens with two attached hydrogens (primary N) is 1. The van der Waals surface area contributed by atoms with Gasteiger partial charge in [0.1, 0.15) is 11.6 Å². The van der Waals surface area contributed by atoms with Gasteiger partial charge in [-0.15, -0.1) is 0 Å². The van der Waals surface area contributed by atoms with E-state index in [2.05, 4.69) is 31.5 Å². The Bertz CT molecular complexity index is 1050. The van der Waals surface area contributed by atoms with Crippen LogP contribution in [0, 0.1) is 6.92 Å². The second kappa shape index (κ2) is 7.70. The zero-order valence-electron chi connectivity index (χ0n) is 16.5. The van der Waals surface area contributed by atoms with E-state index in [9.17, 15) is 4.79 Å². The Labute approximate surface area is 172 Å². The molecule has 152 valence electrons. The molecule has 1 saturated heterocycles. The highest BCUT2D eigenvalue weighted by atomic mass is 32.1. The van der Waals surface area contributed by atoms with E-state index in [1.54, 1.807) is 13.3 Å². The van der Waals surface area contributed by atoms with Gasteiger partial charge in [-0.05, 0) is 49.1 Å². The molecule has 0 unspecified atom stereocenters. The van der Waals surface area contributed by atoms with Crippen molar-refractivity contribution < 1.29 is 9.53 Å². The van der Waals surface area contributed by atoms with Crippen LogP contribution in [0.25, 0.3) is 10.2 Å². The summed E-state index contributed by atoms with van der Waals surface area (Å²) in [6.45, 7) is 5.82. The third-order valence-electron chi connectivity index (χ3n) is 5.09. The molecular weight excluding hydrogens is 390 g/mol. The number of aryl methyl sites for hydroxylation is 1. The molecule has 1 aromatic carbocycles. The molecule has 2 amide bonds. The molecular formula is C19H23N7O2S. The van der Waals surface area contributed by atoms with Crippen LogP contribution in [0.3, 0.4) is 0 Å². The average molecular weight is 414 g/mol. The number of piperazine rings is 1. The summed E-state index contributed by atoms with van der Waals surface area (Å²) in [6.07, 6.45) is 1.77. The van der Waals surface area contributed by atoms with Crippen molar-refractivity contribution in [2.75, 3.05) is 42.7 Å². The zero-order valence-corrected chi connectivity index (χ0v) is 17.4. The third kappa shape index (κ3) is 3.75. The van der Waals surface area contributed by atoms with Crippen LogP contribution in [0.2, 0.25) is 0 Å². The van der Waals surface area contributed by atoms with Crippen LogP contribution in [0.5, 0.6) is 5.75 Å². The molecule has 1 fully saturated rings. The quantitative estimate of drug-likeness (QED) is 0.679. The van der Waals surface area contributed by atoms with Gasteiger partial charge in [0, 0.05) is 31.4 Å². The second-order valence-corrected chi connectivity index (χ2v) is 7.83. The van der Waals surface area contributed by atoms with Gasteiger partial charge in [0.15, 0.2) is 4.83 Å². The summed E-state index contributed by atoms with van der Waals surface area (Å²) in [5, 5.41) is 3.89. The molecule has 1 aliphatic heterocycles. The lowest BCUT2D eigenvalue weighted by atomic mass is 10.1. The van der Waals surface area contributed by atoms with Gasteiger partial charge in [-0.2, -0.15) is 9.36 Å². The Kier molecular flexibility index (Phi) is 5.10. The SMILES string of the molecule is COc1ccc(NC(=O)N2CCN(c3nc(N)nc4sncc34)[C@@H](C)C2)c(C)c1. The van der Waals surface area contributed by atoms with E-state index in [1.807, 2.05) is 30.0 Å². The van der Waals surface area contributed by atoms with E-state index < -0.39 is 0 Å². The smallest absolute Gasteiger partial charge is 0.321 e. The number of benzene rings is 1. The third-order valence-corrected chi connectivity index (χ3v) is 5.79. The summed E-state index contributed by atoms with van der Waals surface area (Å²) in [5.41, 5.74) is 7.61. The molecule has 0 radical (unpaired) electrons. The lowest BCUT2D eigenvalue weighted by molar-refractivity contribution is 0.200. The van der Waals surface area contributed by atoms with Crippen LogP contribution in [-0.2, 0) is 0 Å². The van der Waals surface area contributed by atoms with Gasteiger partial charge in [0.05, 0.1) is 18.7 Å². The van der Waals surface area contributed by atoms with E-state index in [0.717, 1.165) is 33.0 Å². The molecule has 1 atom stereocenters. The fourth-order valence-corrected chi connectivity index (χ4v) is 4.17. The van der Waals surface area contributed by atoms with E-state index in [-0.39, 0.29) is 18.0 Å². The van der Waals surface area contributed by atoms with Gasteiger partial charge in [0.25, 0.3) is 0 Å². The van der Waals surface area contributed by atoms with Crippen molar-refractivity contribution >= 4 is 45.2 Å². The number of aromatic nitrogens is 3. The topological polar surface area (TPSA) is 110 Å². The predicted octanol–water partition coefficient (Wildman–Crippen LogP) is 2.73. The highest BCUT2D eigenvalue weighted by Crippen LogP contribution is 2.29. The number of amides is 2. The van der Waals surface area contributed by atoms with Crippen LogP contribution < -0.4 is 20.7 Å². The maximum absolute atomic E-state index is 12.8. The largest absolute Gasteiger partial charge is 0.497 e. The Balaban J connectivity index is 1.47. The number of anilines is 3. The Morgan fingerprint density at radius 1 is 1.34 bits per heavy atom. The Hall–Kier alpha value is -3.14. The molecule has 4 rings (SSSR count). The van der Waals surface area contributed by atoms with Crippen molar-refractivity contribution in [3.63, 3.8) is 0 Å². The van der Waals surface area contributed by atoms with Gasteiger partial charge < -0.3 is 25.6 Å². The number of rotatable bonds is 3. The molecule has 3 aromatic rings. The average Bonchev–Trinajstić information content (AvgIpc) is 3.17. The monoisotopic (exact) mass is 413 g/mol. The maximum Gasteiger partial charge on any atom is 0.321 e. The lowest BCUT2D eigenvalue weighted by Crippen LogP contribution is -2.55. The van der Waals surface area contributed by atoms with Gasteiger partial charge in [0.2, 0.25) is 5.95 Å². The van der Waals surface area contributed by atoms with Gasteiger partial charge in [-0.3, -0.25) is 0 Å². The predicted molar refractivity (Wildman–Crippen MR) is 115 cm³/mol. The number of nitrogen functional groups attached to an aromatic ring is 1. The van der Waals surface area contributed by atoms with Gasteiger partial charge in [-0.1, -0.05) is 0 Å². The number of methoxy groups -OCH3 is 1. The van der Waals surface area contributed by atoms with E-state index in [1.165, 1.54) is 11.5 Å². The van der Waals surface area contributed by atoms with Gasteiger partial charge in [-0.25, -0.2) is 9.78 Å². The van der Waals surface area contributed by atoms with Crippen LogP contribution in [-0.4, -0.2) is 58.1 Å². The van der Waals surface area contributed by atoms with Crippen molar-refractivity contribution in [1.29, 1.82) is 0 Å². The fourth-order valence-electron chi connectivity index (χ4n) is 3.54. The Morgan fingerprint density at radius 3 is 2.90 bits per heavy atom. The van der Waals surface area contributed by atoms with Crippen molar-refractivity contribution in [2.45, 2.75) is 19.9 Å². The molecule has 0 bridgehead atoms. The maximum atomic E-state index is 12.8. The first-order valence-electron chi connectivity index (χ1n) is 9.31. The zero-order chi connectivity index (χ0) is 20.5. The molecule has 1 aliphatic rings. The van der Waals surface area contributed by atoms with Crippen molar-refractivity contribution in [3.05, 3.63) is 30.0 Å². The van der Waals surface area contributed by atoms with E-state index in [0.29, 0.717) is 19.6 Å². The minimum absolute atomic E-state index is 0.0730. The molecule has 2 aromatic heterocycles. The van der Waals surface area contributed by atoms with Crippen molar-refractivity contribution in [1.82, 2.24) is 19.2 Å². The highest BCUT2D eigenvalue weighted by Gasteiger charge is 2.29. The number of nitrogens with one attached hydrogen (secondary N) is 1. The molecule has 0 spiro atoms. The van der Waals surface area contributed by atoms with Gasteiger partial charge >= 0.3 is 6.03 Å². The number of urea groups is 1. The summed E-state index contributed by atoms with van der Waals surface area (Å²) >= 11 is 1.30. The number of hydrogen-bond donors (Lipinski definition) is 2. The first kappa shape index (κ1) is 19.2. The molecule has 3 heterocycles. The van der Waals surface area contributed by atoms with Crippen LogP contribution in [0.4, 0.5) is 22.2 Å². The number of hydrogen-bond acceptors (Lipinski definition) is 8. The van der Waals surface area contributed by atoms with Crippen molar-refractivity contribution in [3.8, 4) is 5.75 Å². The molecule has 0 aliphatic carbocycles. The summed E-state index contributed by atoms with van der Waals surface area (Å²) in [4.78, 5) is 26.2. The standard InChI is InChI=1S/C19H23N7O2S/c1-11-8-13(28-3)4-5-15(11)22-19(27)25-6-7-26(12(2)10-25)16-14-9-21-29-17(14)24-18(20)23-16/h4-5,8-9,12H,6-7,10H2,1-3H3,(H,22,27)(H2,20,23,24)/t12-/m0/s1. The summed E-state index contributed by atoms with van der Waals surface area (Å²) in [7, 11) is 1.62.